The Kier molecular flexibility index (Phi) is 6.30. The molecule has 0 atom stereocenters. The van der Waals surface area contributed by atoms with Gasteiger partial charge in [-0.3, -0.25) is 0 Å². The second-order valence-corrected chi connectivity index (χ2v) is 5.12. The van der Waals surface area contributed by atoms with Crippen LogP contribution in [0, 0.1) is 5.82 Å². The van der Waals surface area contributed by atoms with Crippen molar-refractivity contribution in [3.8, 4) is 0 Å². The molecule has 2 aromatic rings. The minimum atomic E-state index is -0.170. The topological polar surface area (TPSA) is 95.6 Å². The third kappa shape index (κ3) is 3.94. The summed E-state index contributed by atoms with van der Waals surface area (Å²) in [5.74, 6) is -0.170. The van der Waals surface area contributed by atoms with Crippen molar-refractivity contribution in [2.24, 2.45) is 0 Å². The van der Waals surface area contributed by atoms with E-state index in [0.717, 1.165) is 37.6 Å². The first-order valence-electron chi connectivity index (χ1n) is 6.90. The van der Waals surface area contributed by atoms with Gasteiger partial charge in [-0.25, -0.2) is 4.39 Å². The molecule has 1 heterocycles. The molecule has 2 aromatic carbocycles. The number of hydrogen-bond acceptors (Lipinski definition) is 3. The molecule has 0 unspecified atom stereocenters. The maximum Gasteiger partial charge on any atom is 0.128 e. The van der Waals surface area contributed by atoms with E-state index in [4.69, 9.17) is 0 Å². The minimum Gasteiger partial charge on any atom is -0.870 e. The molecule has 0 spiro atoms. The third-order valence-electron chi connectivity index (χ3n) is 3.75. The first-order chi connectivity index (χ1) is 9.72. The van der Waals surface area contributed by atoms with E-state index < -0.39 is 0 Å². The maximum atomic E-state index is 13.3. The van der Waals surface area contributed by atoms with Crippen molar-refractivity contribution in [3.63, 3.8) is 0 Å². The number of piperazine rings is 1. The highest BCUT2D eigenvalue weighted by Gasteiger charge is 2.17. The fourth-order valence-corrected chi connectivity index (χ4v) is 2.60. The van der Waals surface area contributed by atoms with Gasteiger partial charge in [-0.05, 0) is 30.3 Å². The van der Waals surface area contributed by atoms with Gasteiger partial charge in [0.1, 0.15) is 11.5 Å². The maximum absolute atomic E-state index is 13.3. The lowest BCUT2D eigenvalue weighted by molar-refractivity contribution is -0.254. The van der Waals surface area contributed by atoms with E-state index in [9.17, 15) is 4.39 Å². The Morgan fingerprint density at radius 3 is 1.91 bits per heavy atom. The number of anilines is 2. The van der Waals surface area contributed by atoms with E-state index in [1.165, 1.54) is 11.8 Å². The Morgan fingerprint density at radius 2 is 1.36 bits per heavy atom. The summed E-state index contributed by atoms with van der Waals surface area (Å²) in [6.45, 7) is 3.73. The Morgan fingerprint density at radius 1 is 0.818 bits per heavy atom. The molecule has 0 aliphatic carbocycles. The molecular formula is C16H22FN3O2. The molecule has 0 saturated carbocycles. The van der Waals surface area contributed by atoms with Crippen molar-refractivity contribution in [3.05, 3.63) is 54.3 Å². The summed E-state index contributed by atoms with van der Waals surface area (Å²) in [5, 5.41) is 0. The zero-order chi connectivity index (χ0) is 13.9. The van der Waals surface area contributed by atoms with Crippen LogP contribution in [0.15, 0.2) is 48.5 Å². The molecule has 6 N–H and O–H groups in total. The Labute approximate surface area is 129 Å². The number of hydrogen-bond donors (Lipinski definition) is 1. The van der Waals surface area contributed by atoms with E-state index in [1.54, 1.807) is 12.1 Å². The fourth-order valence-electron chi connectivity index (χ4n) is 2.60. The molecule has 6 heteroatoms. The molecule has 0 amide bonds. The lowest BCUT2D eigenvalue weighted by atomic mass is 10.2. The van der Waals surface area contributed by atoms with Gasteiger partial charge in [-0.1, -0.05) is 6.07 Å². The minimum absolute atomic E-state index is 0. The monoisotopic (exact) mass is 307 g/mol. The van der Waals surface area contributed by atoms with Crippen LogP contribution in [0.2, 0.25) is 0 Å². The number of quaternary nitrogens is 1. The van der Waals surface area contributed by atoms with Gasteiger partial charge >= 0.3 is 0 Å². The second-order valence-electron chi connectivity index (χ2n) is 5.12. The van der Waals surface area contributed by atoms with E-state index >= 15 is 0 Å². The fraction of sp³-hybridized carbons (Fsp3) is 0.250. The lowest BCUT2D eigenvalue weighted by Gasteiger charge is -2.37. The normalized spacial score (nSPS) is 14.1. The van der Waals surface area contributed by atoms with E-state index in [1.807, 2.05) is 18.2 Å². The number of halogens is 1. The molecule has 0 bridgehead atoms. The van der Waals surface area contributed by atoms with Gasteiger partial charge in [0.25, 0.3) is 0 Å². The van der Waals surface area contributed by atoms with Crippen LogP contribution in [0.4, 0.5) is 21.5 Å². The Bertz CT molecular complexity index is 584. The SMILES string of the molecule is O.[NH3+]c1ccc(N2CCN(c3cccc(F)c3)CC2)cc1.[OH-]. The molecule has 1 aliphatic rings. The van der Waals surface area contributed by atoms with Gasteiger partial charge in [0.15, 0.2) is 0 Å². The number of rotatable bonds is 2. The molecule has 3 rings (SSSR count). The van der Waals surface area contributed by atoms with Gasteiger partial charge in [0, 0.05) is 49.7 Å². The van der Waals surface area contributed by atoms with Gasteiger partial charge in [-0.2, -0.15) is 0 Å². The molecular weight excluding hydrogens is 285 g/mol. The van der Waals surface area contributed by atoms with E-state index in [-0.39, 0.29) is 16.8 Å². The summed E-state index contributed by atoms with van der Waals surface area (Å²) < 4.78 is 13.3. The lowest BCUT2D eigenvalue weighted by Crippen LogP contribution is -2.46. The predicted molar refractivity (Wildman–Crippen MR) is 85.4 cm³/mol. The first kappa shape index (κ1) is 17.9. The van der Waals surface area contributed by atoms with Crippen molar-refractivity contribution in [2.75, 3.05) is 36.0 Å². The van der Waals surface area contributed by atoms with Crippen LogP contribution >= 0.6 is 0 Å². The summed E-state index contributed by atoms with van der Waals surface area (Å²) in [7, 11) is 0. The summed E-state index contributed by atoms with van der Waals surface area (Å²) in [6, 6.07) is 15.1. The summed E-state index contributed by atoms with van der Waals surface area (Å²) in [5.41, 5.74) is 7.14. The summed E-state index contributed by atoms with van der Waals surface area (Å²) in [6.07, 6.45) is 0. The average Bonchev–Trinajstić information content (AvgIpc) is 2.48. The Hall–Kier alpha value is -2.15. The van der Waals surface area contributed by atoms with Crippen LogP contribution in [0.5, 0.6) is 0 Å². The highest BCUT2D eigenvalue weighted by atomic mass is 19.1. The van der Waals surface area contributed by atoms with Crippen LogP contribution < -0.4 is 15.5 Å². The molecule has 0 aromatic heterocycles. The standard InChI is InChI=1S/C16H18FN3.2H2O/c17-13-2-1-3-16(12-13)20-10-8-19(9-11-20)15-6-4-14(18)5-7-15;;/h1-7,12H,8-11,18H2;2*1H2. The van der Waals surface area contributed by atoms with Crippen molar-refractivity contribution >= 4 is 17.1 Å². The zero-order valence-corrected chi connectivity index (χ0v) is 12.4. The van der Waals surface area contributed by atoms with Crippen molar-refractivity contribution < 1.29 is 21.1 Å². The summed E-state index contributed by atoms with van der Waals surface area (Å²) >= 11 is 0. The van der Waals surface area contributed by atoms with Crippen molar-refractivity contribution in [1.29, 1.82) is 0 Å². The third-order valence-corrected chi connectivity index (χ3v) is 3.75. The number of nitrogens with zero attached hydrogens (tertiary/aromatic N) is 2. The van der Waals surface area contributed by atoms with Gasteiger partial charge < -0.3 is 26.5 Å². The predicted octanol–water partition coefficient (Wildman–Crippen LogP) is 1.02. The highest BCUT2D eigenvalue weighted by Crippen LogP contribution is 2.21. The molecule has 0 radical (unpaired) electrons. The van der Waals surface area contributed by atoms with Crippen LogP contribution in [-0.4, -0.2) is 37.1 Å². The highest BCUT2D eigenvalue weighted by molar-refractivity contribution is 5.53. The van der Waals surface area contributed by atoms with Gasteiger partial charge in [-0.15, -0.1) is 0 Å². The van der Waals surface area contributed by atoms with E-state index in [0.29, 0.717) is 0 Å². The molecule has 120 valence electrons. The smallest absolute Gasteiger partial charge is 0.128 e. The van der Waals surface area contributed by atoms with Crippen LogP contribution in [0.25, 0.3) is 0 Å². The van der Waals surface area contributed by atoms with Crippen LogP contribution in [0.1, 0.15) is 0 Å². The van der Waals surface area contributed by atoms with Crippen molar-refractivity contribution in [2.45, 2.75) is 0 Å². The quantitative estimate of drug-likeness (QED) is 0.897. The van der Waals surface area contributed by atoms with Crippen LogP contribution in [-0.2, 0) is 0 Å². The molecule has 1 fully saturated rings. The first-order valence-corrected chi connectivity index (χ1v) is 6.90. The molecule has 5 nitrogen and oxygen atoms in total. The second kappa shape index (κ2) is 7.74. The molecule has 1 saturated heterocycles. The Balaban J connectivity index is 0.00000121. The summed E-state index contributed by atoms with van der Waals surface area (Å²) in [4.78, 5) is 4.59. The molecule has 1 aliphatic heterocycles. The van der Waals surface area contributed by atoms with E-state index in [2.05, 4.69) is 27.7 Å². The zero-order valence-electron chi connectivity index (χ0n) is 12.4. The van der Waals surface area contributed by atoms with Crippen molar-refractivity contribution in [1.82, 2.24) is 0 Å². The largest absolute Gasteiger partial charge is 0.870 e. The van der Waals surface area contributed by atoms with Crippen LogP contribution in [0.3, 0.4) is 0 Å². The van der Waals surface area contributed by atoms with Gasteiger partial charge in [0.2, 0.25) is 0 Å². The van der Waals surface area contributed by atoms with Gasteiger partial charge in [0.05, 0.1) is 0 Å². The molecule has 22 heavy (non-hydrogen) atoms. The average molecular weight is 307 g/mol. The number of benzene rings is 2.